The molecule has 0 unspecified atom stereocenters. The molecule has 1 aliphatic carbocycles. The molecule has 6 heteroatoms. The van der Waals surface area contributed by atoms with Crippen LogP contribution in [0.2, 0.25) is 10.0 Å². The van der Waals surface area contributed by atoms with Gasteiger partial charge >= 0.3 is 0 Å². The number of aliphatic imine (C=N–C) groups is 1. The van der Waals surface area contributed by atoms with E-state index in [0.717, 1.165) is 18.5 Å². The number of benzene rings is 1. The Bertz CT molecular complexity index is 456. The van der Waals surface area contributed by atoms with Crippen molar-refractivity contribution in [2.75, 3.05) is 5.32 Å². The second kappa shape index (κ2) is 6.98. The number of nitrogens with one attached hydrogen (secondary N) is 2. The van der Waals surface area contributed by atoms with Gasteiger partial charge in [-0.3, -0.25) is 5.43 Å². The van der Waals surface area contributed by atoms with Crippen molar-refractivity contribution in [1.82, 2.24) is 5.43 Å². The fourth-order valence-corrected chi connectivity index (χ4v) is 2.67. The first-order chi connectivity index (χ1) is 9.19. The van der Waals surface area contributed by atoms with Crippen LogP contribution in [0.25, 0.3) is 0 Å². The minimum absolute atomic E-state index is 0.332. The molecule has 104 valence electrons. The first-order valence-electron chi connectivity index (χ1n) is 6.45. The van der Waals surface area contributed by atoms with Gasteiger partial charge in [0.15, 0.2) is 0 Å². The number of hydrogen-bond donors (Lipinski definition) is 3. The van der Waals surface area contributed by atoms with Crippen LogP contribution < -0.4 is 16.6 Å². The van der Waals surface area contributed by atoms with E-state index in [4.69, 9.17) is 29.0 Å². The molecule has 0 aromatic heterocycles. The van der Waals surface area contributed by atoms with Gasteiger partial charge < -0.3 is 5.32 Å². The molecule has 2 rings (SSSR count). The Morgan fingerprint density at radius 2 is 1.95 bits per heavy atom. The summed E-state index contributed by atoms with van der Waals surface area (Å²) in [5.41, 5.74) is 3.32. The second-order valence-corrected chi connectivity index (χ2v) is 5.51. The average Bonchev–Trinajstić information content (AvgIpc) is 2.42. The molecule has 0 heterocycles. The summed E-state index contributed by atoms with van der Waals surface area (Å²) in [6, 6.07) is 5.58. The van der Waals surface area contributed by atoms with Gasteiger partial charge in [-0.1, -0.05) is 42.5 Å². The number of nitrogens with two attached hydrogens (primary N) is 1. The highest BCUT2D eigenvalue weighted by Crippen LogP contribution is 2.25. The van der Waals surface area contributed by atoms with Crippen molar-refractivity contribution in [3.63, 3.8) is 0 Å². The molecule has 1 aromatic rings. The topological polar surface area (TPSA) is 62.4 Å². The second-order valence-electron chi connectivity index (χ2n) is 4.66. The van der Waals surface area contributed by atoms with E-state index in [1.807, 2.05) is 0 Å². The van der Waals surface area contributed by atoms with E-state index in [2.05, 4.69) is 15.7 Å². The predicted molar refractivity (Wildman–Crippen MR) is 81.7 cm³/mol. The van der Waals surface area contributed by atoms with Gasteiger partial charge in [-0.05, 0) is 31.0 Å². The number of guanidine groups is 1. The van der Waals surface area contributed by atoms with Crippen molar-refractivity contribution in [3.8, 4) is 0 Å². The molecule has 0 atom stereocenters. The molecule has 1 aromatic carbocycles. The zero-order valence-corrected chi connectivity index (χ0v) is 12.1. The minimum Gasteiger partial charge on any atom is -0.324 e. The van der Waals surface area contributed by atoms with Crippen LogP contribution >= 0.6 is 23.2 Å². The maximum Gasteiger partial charge on any atom is 0.210 e. The minimum atomic E-state index is 0.332. The van der Waals surface area contributed by atoms with Gasteiger partial charge in [0.1, 0.15) is 0 Å². The Morgan fingerprint density at radius 3 is 2.58 bits per heavy atom. The van der Waals surface area contributed by atoms with Crippen molar-refractivity contribution >= 4 is 34.8 Å². The Kier molecular flexibility index (Phi) is 5.31. The molecule has 0 saturated heterocycles. The largest absolute Gasteiger partial charge is 0.324 e. The number of hydrogen-bond acceptors (Lipinski definition) is 2. The fraction of sp³-hybridized carbons (Fsp3) is 0.462. The molecule has 1 aliphatic rings. The van der Waals surface area contributed by atoms with Crippen molar-refractivity contribution < 1.29 is 0 Å². The zero-order valence-electron chi connectivity index (χ0n) is 10.6. The van der Waals surface area contributed by atoms with E-state index in [9.17, 15) is 0 Å². The Labute approximate surface area is 123 Å². The van der Waals surface area contributed by atoms with Crippen LogP contribution in [0.5, 0.6) is 0 Å². The van der Waals surface area contributed by atoms with Gasteiger partial charge in [-0.2, -0.15) is 0 Å². The Hall–Kier alpha value is -0.970. The van der Waals surface area contributed by atoms with Crippen LogP contribution in [0, 0.1) is 0 Å². The number of anilines is 1. The molecule has 0 bridgehead atoms. The summed E-state index contributed by atoms with van der Waals surface area (Å²) in [6.45, 7) is 0. The maximum atomic E-state index is 6.10. The van der Waals surface area contributed by atoms with Gasteiger partial charge in [0.2, 0.25) is 5.96 Å². The highest BCUT2D eigenvalue weighted by atomic mass is 35.5. The molecule has 4 N–H and O–H groups in total. The summed E-state index contributed by atoms with van der Waals surface area (Å²) in [5.74, 6) is 6.04. The highest BCUT2D eigenvalue weighted by Gasteiger charge is 2.13. The standard InChI is InChI=1S/C13H18Cl2N4/c14-9-6-7-12(11(15)8-9)18-13(19-16)17-10-4-2-1-3-5-10/h6-8,10H,1-5,16H2,(H2,17,18,19). The lowest BCUT2D eigenvalue weighted by Crippen LogP contribution is -2.37. The molecule has 4 nitrogen and oxygen atoms in total. The number of halogens is 2. The van der Waals surface area contributed by atoms with Crippen LogP contribution in [0.15, 0.2) is 23.2 Å². The summed E-state index contributed by atoms with van der Waals surface area (Å²) in [7, 11) is 0. The van der Waals surface area contributed by atoms with Gasteiger partial charge in [0.25, 0.3) is 0 Å². The molecule has 0 aliphatic heterocycles. The highest BCUT2D eigenvalue weighted by molar-refractivity contribution is 6.36. The van der Waals surface area contributed by atoms with Crippen LogP contribution in [0.1, 0.15) is 32.1 Å². The smallest absolute Gasteiger partial charge is 0.210 e. The first kappa shape index (κ1) is 14.4. The van der Waals surface area contributed by atoms with Crippen LogP contribution in [-0.4, -0.2) is 12.0 Å². The summed E-state index contributed by atoms with van der Waals surface area (Å²) in [6.07, 6.45) is 5.98. The molecule has 1 saturated carbocycles. The summed E-state index contributed by atoms with van der Waals surface area (Å²) < 4.78 is 0. The number of hydrazine groups is 1. The summed E-state index contributed by atoms with van der Waals surface area (Å²) in [5, 5.41) is 4.23. The first-order valence-corrected chi connectivity index (χ1v) is 7.21. The van der Waals surface area contributed by atoms with E-state index >= 15 is 0 Å². The fourth-order valence-electron chi connectivity index (χ4n) is 2.22. The van der Waals surface area contributed by atoms with Gasteiger partial charge in [-0.25, -0.2) is 10.8 Å². The van der Waals surface area contributed by atoms with Crippen molar-refractivity contribution in [3.05, 3.63) is 28.2 Å². The maximum absolute atomic E-state index is 6.10. The van der Waals surface area contributed by atoms with E-state index in [0.29, 0.717) is 22.0 Å². The van der Waals surface area contributed by atoms with Crippen molar-refractivity contribution in [2.45, 2.75) is 38.1 Å². The van der Waals surface area contributed by atoms with Crippen molar-refractivity contribution in [2.24, 2.45) is 10.8 Å². The monoisotopic (exact) mass is 300 g/mol. The summed E-state index contributed by atoms with van der Waals surface area (Å²) >= 11 is 12.0. The van der Waals surface area contributed by atoms with Gasteiger partial charge in [0.05, 0.1) is 16.8 Å². The molecule has 19 heavy (non-hydrogen) atoms. The Morgan fingerprint density at radius 1 is 1.21 bits per heavy atom. The van der Waals surface area contributed by atoms with Gasteiger partial charge in [0, 0.05) is 5.02 Å². The van der Waals surface area contributed by atoms with Crippen molar-refractivity contribution in [1.29, 1.82) is 0 Å². The zero-order chi connectivity index (χ0) is 13.7. The molecule has 0 amide bonds. The lowest BCUT2D eigenvalue weighted by Gasteiger charge is -2.19. The van der Waals surface area contributed by atoms with Gasteiger partial charge in [-0.15, -0.1) is 0 Å². The molecular weight excluding hydrogens is 283 g/mol. The lowest BCUT2D eigenvalue weighted by molar-refractivity contribution is 0.442. The molecule has 0 spiro atoms. The van der Waals surface area contributed by atoms with Crippen LogP contribution in [0.4, 0.5) is 5.69 Å². The summed E-state index contributed by atoms with van der Waals surface area (Å²) in [4.78, 5) is 4.59. The van der Waals surface area contributed by atoms with Crippen LogP contribution in [-0.2, 0) is 0 Å². The number of rotatable bonds is 2. The van der Waals surface area contributed by atoms with Crippen LogP contribution in [0.3, 0.4) is 0 Å². The lowest BCUT2D eigenvalue weighted by atomic mass is 9.96. The van der Waals surface area contributed by atoms with E-state index in [1.165, 1.54) is 19.3 Å². The third-order valence-corrected chi connectivity index (χ3v) is 3.76. The normalized spacial score (nSPS) is 17.3. The third kappa shape index (κ3) is 4.27. The predicted octanol–water partition coefficient (Wildman–Crippen LogP) is 3.56. The number of nitrogens with zero attached hydrogens (tertiary/aromatic N) is 1. The SMILES string of the molecule is NNC(=NC1CCCCC1)Nc1ccc(Cl)cc1Cl. The van der Waals surface area contributed by atoms with E-state index in [-0.39, 0.29) is 0 Å². The average molecular weight is 301 g/mol. The third-order valence-electron chi connectivity index (χ3n) is 3.21. The Balaban J connectivity index is 2.07. The van der Waals surface area contributed by atoms with E-state index < -0.39 is 0 Å². The molecule has 0 radical (unpaired) electrons. The molecule has 1 fully saturated rings. The quantitative estimate of drug-likeness (QED) is 0.339. The molecular formula is C13H18Cl2N4. The van der Waals surface area contributed by atoms with E-state index in [1.54, 1.807) is 18.2 Å².